The molecule has 0 radical (unpaired) electrons. The summed E-state index contributed by atoms with van der Waals surface area (Å²) in [6.45, 7) is 2.00. The number of carbonyl (C=O) groups is 1. The number of methoxy groups -OCH3 is 1. The number of hydrogen-bond donors (Lipinski definition) is 1. The summed E-state index contributed by atoms with van der Waals surface area (Å²) in [5.41, 5.74) is 0.441. The highest BCUT2D eigenvalue weighted by Crippen LogP contribution is 2.32. The summed E-state index contributed by atoms with van der Waals surface area (Å²) >= 11 is 0. The quantitative estimate of drug-likeness (QED) is 0.733. The summed E-state index contributed by atoms with van der Waals surface area (Å²) < 4.78 is 56.4. The predicted octanol–water partition coefficient (Wildman–Crippen LogP) is 2.25. The molecule has 0 atom stereocenters. The zero-order valence-electron chi connectivity index (χ0n) is 16.0. The van der Waals surface area contributed by atoms with Crippen LogP contribution in [0.1, 0.15) is 6.92 Å². The van der Waals surface area contributed by atoms with Gasteiger partial charge in [0.25, 0.3) is 0 Å². The van der Waals surface area contributed by atoms with E-state index in [2.05, 4.69) is 5.32 Å². The number of nitrogens with one attached hydrogen (secondary N) is 1. The van der Waals surface area contributed by atoms with E-state index in [-0.39, 0.29) is 17.2 Å². The highest BCUT2D eigenvalue weighted by Gasteiger charge is 2.29. The van der Waals surface area contributed by atoms with E-state index in [1.165, 1.54) is 13.2 Å². The molecular weight excluding hydrogens is 403 g/mol. The van der Waals surface area contributed by atoms with Gasteiger partial charge in [-0.25, -0.2) is 12.8 Å². The van der Waals surface area contributed by atoms with Crippen LogP contribution in [0.2, 0.25) is 0 Å². The summed E-state index contributed by atoms with van der Waals surface area (Å²) in [6.07, 6.45) is 0. The van der Waals surface area contributed by atoms with Gasteiger partial charge in [-0.15, -0.1) is 0 Å². The number of nitrogens with zero attached hydrogens (tertiary/aromatic N) is 1. The van der Waals surface area contributed by atoms with Gasteiger partial charge in [0.05, 0.1) is 13.7 Å². The van der Waals surface area contributed by atoms with Crippen molar-refractivity contribution in [3.05, 3.63) is 42.2 Å². The van der Waals surface area contributed by atoms with Crippen LogP contribution in [0.15, 0.2) is 41.3 Å². The molecule has 10 heteroatoms. The van der Waals surface area contributed by atoms with Crippen LogP contribution >= 0.6 is 0 Å². The standard InChI is InChI=1S/C19H21FN2O6S/c1-3-22(29(24,25)18-10-13(20)4-6-16(18)26-2)12-19(23)21-14-5-7-15-17(11-14)28-9-8-27-15/h4-7,10-11H,3,8-9,12H2,1-2H3,(H,21,23). The number of amides is 1. The molecule has 0 aliphatic carbocycles. The number of rotatable bonds is 7. The lowest BCUT2D eigenvalue weighted by atomic mass is 10.2. The molecule has 1 amide bonds. The van der Waals surface area contributed by atoms with Crippen LogP contribution in [0.25, 0.3) is 0 Å². The number of sulfonamides is 1. The molecule has 2 aromatic carbocycles. The Bertz CT molecular complexity index is 1010. The second-order valence-electron chi connectivity index (χ2n) is 6.13. The minimum Gasteiger partial charge on any atom is -0.495 e. The highest BCUT2D eigenvalue weighted by molar-refractivity contribution is 7.89. The van der Waals surface area contributed by atoms with Gasteiger partial charge in [-0.1, -0.05) is 6.92 Å². The maximum absolute atomic E-state index is 13.6. The first-order chi connectivity index (χ1) is 13.8. The van der Waals surface area contributed by atoms with Gasteiger partial charge in [-0.05, 0) is 30.3 Å². The topological polar surface area (TPSA) is 94.2 Å². The average Bonchev–Trinajstić information content (AvgIpc) is 2.71. The van der Waals surface area contributed by atoms with Gasteiger partial charge < -0.3 is 19.5 Å². The molecule has 1 aliphatic heterocycles. The molecule has 0 saturated carbocycles. The maximum atomic E-state index is 13.6. The number of hydrogen-bond acceptors (Lipinski definition) is 6. The molecule has 0 unspecified atom stereocenters. The maximum Gasteiger partial charge on any atom is 0.247 e. The highest BCUT2D eigenvalue weighted by atomic mass is 32.2. The van der Waals surface area contributed by atoms with E-state index in [0.717, 1.165) is 16.4 Å². The molecule has 29 heavy (non-hydrogen) atoms. The first-order valence-electron chi connectivity index (χ1n) is 8.88. The third kappa shape index (κ3) is 4.60. The smallest absolute Gasteiger partial charge is 0.247 e. The van der Waals surface area contributed by atoms with Gasteiger partial charge in [0.2, 0.25) is 15.9 Å². The van der Waals surface area contributed by atoms with Crippen molar-refractivity contribution in [3.63, 3.8) is 0 Å². The lowest BCUT2D eigenvalue weighted by Crippen LogP contribution is -2.38. The second-order valence-corrected chi connectivity index (χ2v) is 8.04. The number of likely N-dealkylation sites (N-methyl/N-ethyl adjacent to an activating group) is 1. The van der Waals surface area contributed by atoms with Crippen LogP contribution < -0.4 is 19.5 Å². The Balaban J connectivity index is 1.77. The van der Waals surface area contributed by atoms with Crippen LogP contribution in [-0.4, -0.2) is 52.0 Å². The molecule has 0 spiro atoms. The van der Waals surface area contributed by atoms with Crippen molar-refractivity contribution in [2.45, 2.75) is 11.8 Å². The van der Waals surface area contributed by atoms with E-state index in [0.29, 0.717) is 30.4 Å². The molecule has 3 rings (SSSR count). The SMILES string of the molecule is CCN(CC(=O)Nc1ccc2c(c1)OCCO2)S(=O)(=O)c1cc(F)ccc1OC. The Morgan fingerprint density at radius 2 is 1.90 bits per heavy atom. The molecule has 1 heterocycles. The lowest BCUT2D eigenvalue weighted by molar-refractivity contribution is -0.116. The van der Waals surface area contributed by atoms with Crippen molar-refractivity contribution in [1.82, 2.24) is 4.31 Å². The first-order valence-corrected chi connectivity index (χ1v) is 10.3. The monoisotopic (exact) mass is 424 g/mol. The summed E-state index contributed by atoms with van der Waals surface area (Å²) in [7, 11) is -2.87. The number of ether oxygens (including phenoxy) is 3. The summed E-state index contributed by atoms with van der Waals surface area (Å²) in [4.78, 5) is 12.1. The number of halogens is 1. The third-order valence-corrected chi connectivity index (χ3v) is 6.18. The first kappa shape index (κ1) is 20.9. The zero-order valence-corrected chi connectivity index (χ0v) is 16.8. The summed E-state index contributed by atoms with van der Waals surface area (Å²) in [5.74, 6) is -0.204. The molecule has 0 aromatic heterocycles. The Morgan fingerprint density at radius 1 is 1.17 bits per heavy atom. The average molecular weight is 424 g/mol. The number of benzene rings is 2. The van der Waals surface area contributed by atoms with Gasteiger partial charge in [0.1, 0.15) is 29.7 Å². The van der Waals surface area contributed by atoms with Crippen molar-refractivity contribution in [1.29, 1.82) is 0 Å². The molecule has 1 N–H and O–H groups in total. The minimum absolute atomic E-state index is 0.00269. The second kappa shape index (κ2) is 8.66. The van der Waals surface area contributed by atoms with E-state index >= 15 is 0 Å². The normalized spacial score (nSPS) is 13.2. The largest absolute Gasteiger partial charge is 0.495 e. The van der Waals surface area contributed by atoms with Crippen molar-refractivity contribution in [3.8, 4) is 17.2 Å². The molecular formula is C19H21FN2O6S. The fourth-order valence-corrected chi connectivity index (χ4v) is 4.41. The Kier molecular flexibility index (Phi) is 6.23. The fourth-order valence-electron chi connectivity index (χ4n) is 2.84. The molecule has 0 fully saturated rings. The fraction of sp³-hybridized carbons (Fsp3) is 0.316. The van der Waals surface area contributed by atoms with Crippen LogP contribution in [0, 0.1) is 5.82 Å². The Labute approximate surface area is 168 Å². The third-order valence-electron chi connectivity index (χ3n) is 4.24. The van der Waals surface area contributed by atoms with Gasteiger partial charge in [-0.3, -0.25) is 4.79 Å². The molecule has 2 aromatic rings. The minimum atomic E-state index is -4.16. The number of anilines is 1. The Hall–Kier alpha value is -2.85. The van der Waals surface area contributed by atoms with Gasteiger partial charge in [0.15, 0.2) is 11.5 Å². The van der Waals surface area contributed by atoms with Crippen LogP contribution in [-0.2, 0) is 14.8 Å². The molecule has 0 bridgehead atoms. The van der Waals surface area contributed by atoms with E-state index < -0.39 is 28.3 Å². The number of fused-ring (bicyclic) bond motifs is 1. The van der Waals surface area contributed by atoms with Crippen molar-refractivity contribution in [2.75, 3.05) is 38.7 Å². The summed E-state index contributed by atoms with van der Waals surface area (Å²) in [6, 6.07) is 8.10. The van der Waals surface area contributed by atoms with Gasteiger partial charge >= 0.3 is 0 Å². The molecule has 8 nitrogen and oxygen atoms in total. The van der Waals surface area contributed by atoms with Crippen molar-refractivity contribution in [2.24, 2.45) is 0 Å². The lowest BCUT2D eigenvalue weighted by Gasteiger charge is -2.22. The Morgan fingerprint density at radius 3 is 2.59 bits per heavy atom. The predicted molar refractivity (Wildman–Crippen MR) is 103 cm³/mol. The van der Waals surface area contributed by atoms with E-state index in [9.17, 15) is 17.6 Å². The van der Waals surface area contributed by atoms with Gasteiger partial charge in [0, 0.05) is 18.3 Å². The number of carbonyl (C=O) groups excluding carboxylic acids is 1. The van der Waals surface area contributed by atoms with Gasteiger partial charge in [-0.2, -0.15) is 4.31 Å². The zero-order chi connectivity index (χ0) is 21.0. The summed E-state index contributed by atoms with van der Waals surface area (Å²) in [5, 5.41) is 2.63. The van der Waals surface area contributed by atoms with E-state index in [1.54, 1.807) is 25.1 Å². The van der Waals surface area contributed by atoms with E-state index in [4.69, 9.17) is 14.2 Å². The van der Waals surface area contributed by atoms with Crippen LogP contribution in [0.5, 0.6) is 17.2 Å². The van der Waals surface area contributed by atoms with Crippen LogP contribution in [0.4, 0.5) is 10.1 Å². The molecule has 1 aliphatic rings. The van der Waals surface area contributed by atoms with E-state index in [1.807, 2.05) is 0 Å². The molecule has 156 valence electrons. The van der Waals surface area contributed by atoms with Crippen molar-refractivity contribution >= 4 is 21.6 Å². The molecule has 0 saturated heterocycles. The van der Waals surface area contributed by atoms with Crippen LogP contribution in [0.3, 0.4) is 0 Å². The van der Waals surface area contributed by atoms with Crippen molar-refractivity contribution < 1.29 is 31.8 Å².